The molecule has 1 aliphatic rings. The van der Waals surface area contributed by atoms with Crippen LogP contribution in [0.5, 0.6) is 0 Å². The number of anilines is 1. The van der Waals surface area contributed by atoms with Gasteiger partial charge in [0.05, 0.1) is 22.6 Å². The van der Waals surface area contributed by atoms with E-state index >= 15 is 0 Å². The summed E-state index contributed by atoms with van der Waals surface area (Å²) in [5.41, 5.74) is 4.31. The molecule has 4 aromatic rings. The first-order valence-corrected chi connectivity index (χ1v) is 13.0. The van der Waals surface area contributed by atoms with Crippen molar-refractivity contribution in [2.75, 3.05) is 18.4 Å². The van der Waals surface area contributed by atoms with Crippen LogP contribution in [-0.4, -0.2) is 49.8 Å². The second-order valence-corrected chi connectivity index (χ2v) is 10.6. The molecule has 1 N–H and O–H groups in total. The molecule has 37 heavy (non-hydrogen) atoms. The number of pyridine rings is 1. The molecule has 1 saturated heterocycles. The van der Waals surface area contributed by atoms with Crippen LogP contribution < -0.4 is 5.32 Å². The lowest BCUT2D eigenvalue weighted by Gasteiger charge is -2.38. The summed E-state index contributed by atoms with van der Waals surface area (Å²) in [7, 11) is 0. The first kappa shape index (κ1) is 25.4. The van der Waals surface area contributed by atoms with Crippen molar-refractivity contribution in [3.63, 3.8) is 0 Å². The van der Waals surface area contributed by atoms with E-state index in [2.05, 4.69) is 36.5 Å². The van der Waals surface area contributed by atoms with Gasteiger partial charge in [0.2, 0.25) is 5.91 Å². The predicted molar refractivity (Wildman–Crippen MR) is 146 cm³/mol. The number of carbonyl (C=O) groups is 2. The van der Waals surface area contributed by atoms with Crippen molar-refractivity contribution < 1.29 is 9.59 Å². The first-order valence-electron chi connectivity index (χ1n) is 11.4. The Balaban J connectivity index is 1.17. The molecule has 188 valence electrons. The third-order valence-electron chi connectivity index (χ3n) is 6.03. The molecule has 11 heteroatoms. The van der Waals surface area contributed by atoms with E-state index in [-0.39, 0.29) is 24.3 Å². The average molecular weight is 600 g/mol. The van der Waals surface area contributed by atoms with Gasteiger partial charge in [-0.2, -0.15) is 0 Å². The molecule has 0 radical (unpaired) electrons. The predicted octanol–water partition coefficient (Wildman–Crippen LogP) is 5.60. The topological polar surface area (TPSA) is 93.0 Å². The SMILES string of the molecule is Cc1nc(-c2cccc(Br)c2)ccc1C(=O)N1CC(c2cn(CC(=O)Nc3cc(Cl)cc(Cl)c3)nn2)C1. The van der Waals surface area contributed by atoms with Gasteiger partial charge < -0.3 is 10.2 Å². The molecule has 2 aromatic carbocycles. The summed E-state index contributed by atoms with van der Waals surface area (Å²) in [6, 6.07) is 16.4. The Bertz CT molecular complexity index is 1480. The second kappa shape index (κ2) is 10.6. The number of hydrogen-bond acceptors (Lipinski definition) is 5. The smallest absolute Gasteiger partial charge is 0.255 e. The highest BCUT2D eigenvalue weighted by atomic mass is 79.9. The molecule has 1 fully saturated rings. The van der Waals surface area contributed by atoms with Gasteiger partial charge >= 0.3 is 0 Å². The van der Waals surface area contributed by atoms with Crippen molar-refractivity contribution in [1.29, 1.82) is 0 Å². The fraction of sp³-hybridized carbons (Fsp3) is 0.192. The van der Waals surface area contributed by atoms with Crippen LogP contribution >= 0.6 is 39.1 Å². The van der Waals surface area contributed by atoms with E-state index in [0.717, 1.165) is 21.4 Å². The molecule has 0 aliphatic carbocycles. The van der Waals surface area contributed by atoms with Crippen LogP contribution in [0.2, 0.25) is 10.0 Å². The lowest BCUT2D eigenvalue weighted by molar-refractivity contribution is -0.116. The highest BCUT2D eigenvalue weighted by Crippen LogP contribution is 2.29. The van der Waals surface area contributed by atoms with Crippen LogP contribution in [0.3, 0.4) is 0 Å². The van der Waals surface area contributed by atoms with Crippen LogP contribution in [0.15, 0.2) is 65.3 Å². The highest BCUT2D eigenvalue weighted by molar-refractivity contribution is 9.10. The van der Waals surface area contributed by atoms with Crippen molar-refractivity contribution in [2.24, 2.45) is 0 Å². The van der Waals surface area contributed by atoms with Gasteiger partial charge in [0.1, 0.15) is 6.54 Å². The molecule has 2 aromatic heterocycles. The van der Waals surface area contributed by atoms with Crippen LogP contribution in [-0.2, 0) is 11.3 Å². The minimum absolute atomic E-state index is 0.0122. The van der Waals surface area contributed by atoms with Gasteiger partial charge in [-0.25, -0.2) is 4.68 Å². The van der Waals surface area contributed by atoms with Gasteiger partial charge in [0, 0.05) is 51.0 Å². The summed E-state index contributed by atoms with van der Waals surface area (Å²) in [6.45, 7) is 2.89. The zero-order chi connectivity index (χ0) is 26.1. The quantitative estimate of drug-likeness (QED) is 0.312. The molecule has 5 rings (SSSR count). The first-order chi connectivity index (χ1) is 17.7. The van der Waals surface area contributed by atoms with Crippen molar-refractivity contribution in [3.8, 4) is 11.3 Å². The molecule has 0 bridgehead atoms. The highest BCUT2D eigenvalue weighted by Gasteiger charge is 2.34. The number of halogens is 3. The van der Waals surface area contributed by atoms with E-state index in [1.807, 2.05) is 43.3 Å². The van der Waals surface area contributed by atoms with Crippen molar-refractivity contribution in [2.45, 2.75) is 19.4 Å². The van der Waals surface area contributed by atoms with Gasteiger partial charge in [-0.1, -0.05) is 56.5 Å². The summed E-state index contributed by atoms with van der Waals surface area (Å²) >= 11 is 15.4. The number of amides is 2. The van der Waals surface area contributed by atoms with Gasteiger partial charge in [-0.15, -0.1) is 5.10 Å². The second-order valence-electron chi connectivity index (χ2n) is 8.79. The summed E-state index contributed by atoms with van der Waals surface area (Å²) < 4.78 is 2.44. The van der Waals surface area contributed by atoms with Gasteiger partial charge in [-0.05, 0) is 49.4 Å². The van der Waals surface area contributed by atoms with Crippen molar-refractivity contribution in [1.82, 2.24) is 24.9 Å². The summed E-state index contributed by atoms with van der Waals surface area (Å²) in [5.74, 6) is -0.287. The number of aryl methyl sites for hydroxylation is 1. The Labute approximate surface area is 231 Å². The maximum atomic E-state index is 13.1. The van der Waals surface area contributed by atoms with Gasteiger partial charge in [-0.3, -0.25) is 14.6 Å². The molecule has 3 heterocycles. The molecule has 1 aliphatic heterocycles. The monoisotopic (exact) mass is 598 g/mol. The van der Waals surface area contributed by atoms with E-state index < -0.39 is 0 Å². The number of aromatic nitrogens is 4. The minimum atomic E-state index is -0.283. The van der Waals surface area contributed by atoms with Gasteiger partial charge in [0.15, 0.2) is 0 Å². The third-order valence-corrected chi connectivity index (χ3v) is 6.96. The number of rotatable bonds is 6. The number of nitrogens with zero attached hydrogens (tertiary/aromatic N) is 5. The Hall–Kier alpha value is -3.27. The number of likely N-dealkylation sites (tertiary alicyclic amines) is 1. The van der Waals surface area contributed by atoms with Crippen LogP contribution in [0.4, 0.5) is 5.69 Å². The molecule has 0 unspecified atom stereocenters. The summed E-state index contributed by atoms with van der Waals surface area (Å²) in [6.07, 6.45) is 1.73. The molecule has 8 nitrogen and oxygen atoms in total. The molecule has 0 saturated carbocycles. The van der Waals surface area contributed by atoms with Crippen LogP contribution in [0.1, 0.15) is 27.7 Å². The van der Waals surface area contributed by atoms with Gasteiger partial charge in [0.25, 0.3) is 5.91 Å². The molecular weight excluding hydrogens is 579 g/mol. The van der Waals surface area contributed by atoms with Crippen LogP contribution in [0, 0.1) is 6.92 Å². The van der Waals surface area contributed by atoms with E-state index in [1.54, 1.807) is 29.3 Å². The number of carbonyl (C=O) groups excluding carboxylic acids is 2. The lowest BCUT2D eigenvalue weighted by Crippen LogP contribution is -2.48. The zero-order valence-electron chi connectivity index (χ0n) is 19.7. The minimum Gasteiger partial charge on any atom is -0.337 e. The maximum absolute atomic E-state index is 13.1. The summed E-state index contributed by atoms with van der Waals surface area (Å²) in [5, 5.41) is 11.9. The standard InChI is InChI=1S/C26H21BrCl2N6O2/c1-15-22(5-6-23(30-15)16-3-2-4-18(27)7-16)26(37)34-11-17(12-34)24-13-35(33-32-24)14-25(36)31-21-9-19(28)8-20(29)10-21/h2-10,13,17H,11-12,14H2,1H3,(H,31,36). The number of benzene rings is 2. The Morgan fingerprint density at radius 2 is 1.84 bits per heavy atom. The van der Waals surface area contributed by atoms with E-state index in [1.165, 1.54) is 4.68 Å². The van der Waals surface area contributed by atoms with Crippen molar-refractivity contribution in [3.05, 3.63) is 92.3 Å². The van der Waals surface area contributed by atoms with E-state index in [4.69, 9.17) is 23.2 Å². The lowest BCUT2D eigenvalue weighted by atomic mass is 9.95. The molecule has 0 spiro atoms. The Morgan fingerprint density at radius 3 is 2.54 bits per heavy atom. The van der Waals surface area contributed by atoms with E-state index in [0.29, 0.717) is 40.1 Å². The Morgan fingerprint density at radius 1 is 1.08 bits per heavy atom. The number of nitrogens with one attached hydrogen (secondary N) is 1. The molecule has 0 atom stereocenters. The van der Waals surface area contributed by atoms with Crippen molar-refractivity contribution >= 4 is 56.6 Å². The fourth-order valence-electron chi connectivity index (χ4n) is 4.15. The largest absolute Gasteiger partial charge is 0.337 e. The third kappa shape index (κ3) is 5.84. The summed E-state index contributed by atoms with van der Waals surface area (Å²) in [4.78, 5) is 31.9. The fourth-order valence-corrected chi connectivity index (χ4v) is 5.07. The van der Waals surface area contributed by atoms with Crippen LogP contribution in [0.25, 0.3) is 11.3 Å². The molecular formula is C26H21BrCl2N6O2. The molecule has 2 amide bonds. The normalized spacial score (nSPS) is 13.4. The maximum Gasteiger partial charge on any atom is 0.255 e. The zero-order valence-corrected chi connectivity index (χ0v) is 22.8. The number of hydrogen-bond donors (Lipinski definition) is 1. The Kier molecular flexibility index (Phi) is 7.28. The van der Waals surface area contributed by atoms with E-state index in [9.17, 15) is 9.59 Å². The average Bonchev–Trinajstić information content (AvgIpc) is 3.24.